The van der Waals surface area contributed by atoms with E-state index in [1.54, 1.807) is 37.3 Å². The number of alkyl halides is 3. The zero-order valence-electron chi connectivity index (χ0n) is 18.7. The highest BCUT2D eigenvalue weighted by atomic mass is 19.4. The zero-order chi connectivity index (χ0) is 24.4. The molecule has 0 aliphatic heterocycles. The van der Waals surface area contributed by atoms with Gasteiger partial charge in [0.15, 0.2) is 6.61 Å². The standard InChI is InChI=1S/C25H28F3NO4/c1-4-6-8-13-19(5-2)33-24(31)20-15-21(29-23(30)18-11-9-7-10-12-18)17(3)14-22(20)32-16-25(26,27)28/h5,7,9-12,14-15,19H,2,4,6,8,13,16H2,1,3H3,(H,29,30). The second-order valence-electron chi connectivity index (χ2n) is 7.56. The summed E-state index contributed by atoms with van der Waals surface area (Å²) in [4.78, 5) is 25.4. The molecule has 5 nitrogen and oxygen atoms in total. The van der Waals surface area contributed by atoms with Gasteiger partial charge in [-0.05, 0) is 49.6 Å². The van der Waals surface area contributed by atoms with Gasteiger partial charge in [0.25, 0.3) is 5.91 Å². The number of nitrogens with one attached hydrogen (secondary N) is 1. The van der Waals surface area contributed by atoms with E-state index >= 15 is 0 Å². The van der Waals surface area contributed by atoms with E-state index in [4.69, 9.17) is 9.47 Å². The molecular weight excluding hydrogens is 435 g/mol. The number of carbonyl (C=O) groups is 2. The van der Waals surface area contributed by atoms with Crippen LogP contribution in [0.4, 0.5) is 18.9 Å². The Labute approximate surface area is 191 Å². The van der Waals surface area contributed by atoms with Crippen molar-refractivity contribution in [1.29, 1.82) is 0 Å². The Morgan fingerprint density at radius 2 is 1.85 bits per heavy atom. The monoisotopic (exact) mass is 463 g/mol. The van der Waals surface area contributed by atoms with E-state index < -0.39 is 30.8 Å². The number of hydrogen-bond acceptors (Lipinski definition) is 4. The first-order chi connectivity index (χ1) is 15.6. The van der Waals surface area contributed by atoms with Crippen LogP contribution in [0.1, 0.15) is 58.9 Å². The normalized spacial score (nSPS) is 12.0. The number of carbonyl (C=O) groups excluding carboxylic acids is 2. The van der Waals surface area contributed by atoms with Crippen LogP contribution in [-0.2, 0) is 4.74 Å². The molecule has 2 rings (SSSR count). The van der Waals surface area contributed by atoms with E-state index in [1.165, 1.54) is 18.2 Å². The highest BCUT2D eigenvalue weighted by molar-refractivity contribution is 6.05. The van der Waals surface area contributed by atoms with E-state index in [9.17, 15) is 22.8 Å². The summed E-state index contributed by atoms with van der Waals surface area (Å²) in [7, 11) is 0. The number of aryl methyl sites for hydroxylation is 1. The lowest BCUT2D eigenvalue weighted by atomic mass is 10.1. The molecule has 0 radical (unpaired) electrons. The molecule has 8 heteroatoms. The molecule has 0 saturated carbocycles. The number of ether oxygens (including phenoxy) is 2. The van der Waals surface area contributed by atoms with Crippen LogP contribution >= 0.6 is 0 Å². The molecule has 1 atom stereocenters. The third-order valence-electron chi connectivity index (χ3n) is 4.84. The van der Waals surface area contributed by atoms with Crippen LogP contribution in [-0.4, -0.2) is 30.8 Å². The Hall–Kier alpha value is -3.29. The van der Waals surface area contributed by atoms with Crippen LogP contribution in [0.3, 0.4) is 0 Å². The summed E-state index contributed by atoms with van der Waals surface area (Å²) >= 11 is 0. The number of anilines is 1. The highest BCUT2D eigenvalue weighted by Gasteiger charge is 2.30. The van der Waals surface area contributed by atoms with Crippen molar-refractivity contribution in [2.45, 2.75) is 51.8 Å². The summed E-state index contributed by atoms with van der Waals surface area (Å²) in [5, 5.41) is 2.69. The minimum absolute atomic E-state index is 0.212. The molecule has 0 aliphatic rings. The minimum Gasteiger partial charge on any atom is -0.483 e. The van der Waals surface area contributed by atoms with Crippen LogP contribution in [0.15, 0.2) is 55.1 Å². The smallest absolute Gasteiger partial charge is 0.422 e. The maximum atomic E-state index is 12.9. The van der Waals surface area contributed by atoms with E-state index in [-0.39, 0.29) is 17.0 Å². The van der Waals surface area contributed by atoms with Crippen molar-refractivity contribution in [3.8, 4) is 5.75 Å². The van der Waals surface area contributed by atoms with Crippen LogP contribution in [0, 0.1) is 6.92 Å². The van der Waals surface area contributed by atoms with Crippen molar-refractivity contribution < 1.29 is 32.2 Å². The zero-order valence-corrected chi connectivity index (χ0v) is 18.7. The van der Waals surface area contributed by atoms with Crippen molar-refractivity contribution in [2.75, 3.05) is 11.9 Å². The molecule has 33 heavy (non-hydrogen) atoms. The Morgan fingerprint density at radius 3 is 2.45 bits per heavy atom. The molecule has 0 bridgehead atoms. The molecule has 0 fully saturated rings. The Kier molecular flexibility index (Phi) is 9.51. The molecule has 0 heterocycles. The first kappa shape index (κ1) is 26.0. The number of hydrogen-bond donors (Lipinski definition) is 1. The Balaban J connectivity index is 2.32. The average Bonchev–Trinajstić information content (AvgIpc) is 2.78. The Bertz CT molecular complexity index is 958. The van der Waals surface area contributed by atoms with Crippen LogP contribution < -0.4 is 10.1 Å². The number of halogens is 3. The van der Waals surface area contributed by atoms with Gasteiger partial charge in [-0.2, -0.15) is 13.2 Å². The summed E-state index contributed by atoms with van der Waals surface area (Å²) in [6, 6.07) is 11.0. The van der Waals surface area contributed by atoms with E-state index in [0.29, 0.717) is 17.5 Å². The van der Waals surface area contributed by atoms with Crippen molar-refractivity contribution >= 4 is 17.6 Å². The molecular formula is C25H28F3NO4. The van der Waals surface area contributed by atoms with Crippen LogP contribution in [0.25, 0.3) is 0 Å². The summed E-state index contributed by atoms with van der Waals surface area (Å²) in [6.07, 6.45) is -0.411. The van der Waals surface area contributed by atoms with E-state index in [1.807, 2.05) is 6.92 Å². The lowest BCUT2D eigenvalue weighted by molar-refractivity contribution is -0.153. The number of esters is 1. The number of unbranched alkanes of at least 4 members (excludes halogenated alkanes) is 2. The maximum absolute atomic E-state index is 12.9. The molecule has 0 spiro atoms. The predicted molar refractivity (Wildman–Crippen MR) is 121 cm³/mol. The topological polar surface area (TPSA) is 64.6 Å². The van der Waals surface area contributed by atoms with Crippen molar-refractivity contribution in [3.05, 3.63) is 71.8 Å². The van der Waals surface area contributed by atoms with Gasteiger partial charge in [-0.1, -0.05) is 50.6 Å². The molecule has 178 valence electrons. The van der Waals surface area contributed by atoms with E-state index in [2.05, 4.69) is 11.9 Å². The first-order valence-corrected chi connectivity index (χ1v) is 10.7. The van der Waals surface area contributed by atoms with Gasteiger partial charge in [-0.25, -0.2) is 4.79 Å². The fraction of sp³-hybridized carbons (Fsp3) is 0.360. The second-order valence-corrected chi connectivity index (χ2v) is 7.56. The maximum Gasteiger partial charge on any atom is 0.422 e. The minimum atomic E-state index is -4.58. The van der Waals surface area contributed by atoms with Gasteiger partial charge in [0.1, 0.15) is 17.4 Å². The van der Waals surface area contributed by atoms with Gasteiger partial charge < -0.3 is 14.8 Å². The van der Waals surface area contributed by atoms with Crippen molar-refractivity contribution in [2.24, 2.45) is 0 Å². The Morgan fingerprint density at radius 1 is 1.15 bits per heavy atom. The van der Waals surface area contributed by atoms with Crippen LogP contribution in [0.2, 0.25) is 0 Å². The van der Waals surface area contributed by atoms with Crippen molar-refractivity contribution in [3.63, 3.8) is 0 Å². The molecule has 2 aromatic carbocycles. The fourth-order valence-electron chi connectivity index (χ4n) is 3.06. The first-order valence-electron chi connectivity index (χ1n) is 10.7. The molecule has 0 aromatic heterocycles. The summed E-state index contributed by atoms with van der Waals surface area (Å²) in [5.41, 5.74) is 0.865. The lowest BCUT2D eigenvalue weighted by Gasteiger charge is -2.19. The molecule has 1 N–H and O–H groups in total. The molecule has 0 aliphatic carbocycles. The highest BCUT2D eigenvalue weighted by Crippen LogP contribution is 2.30. The molecule has 1 amide bonds. The fourth-order valence-corrected chi connectivity index (χ4v) is 3.06. The quantitative estimate of drug-likeness (QED) is 0.235. The number of benzene rings is 2. The molecule has 2 aromatic rings. The SMILES string of the molecule is C=CC(CCCCC)OC(=O)c1cc(NC(=O)c2ccccc2)c(C)cc1OCC(F)(F)F. The summed E-state index contributed by atoms with van der Waals surface area (Å²) in [6.45, 7) is 5.73. The van der Waals surface area contributed by atoms with Gasteiger partial charge in [0.2, 0.25) is 0 Å². The lowest BCUT2D eigenvalue weighted by Crippen LogP contribution is -2.22. The van der Waals surface area contributed by atoms with Gasteiger partial charge >= 0.3 is 12.1 Å². The van der Waals surface area contributed by atoms with Gasteiger partial charge in [0.05, 0.1) is 0 Å². The summed E-state index contributed by atoms with van der Waals surface area (Å²) in [5.74, 6) is -1.56. The third kappa shape index (κ3) is 8.29. The molecule has 1 unspecified atom stereocenters. The van der Waals surface area contributed by atoms with Gasteiger partial charge in [0, 0.05) is 11.3 Å². The van der Waals surface area contributed by atoms with E-state index in [0.717, 1.165) is 19.3 Å². The largest absolute Gasteiger partial charge is 0.483 e. The van der Waals surface area contributed by atoms with Gasteiger partial charge in [-0.3, -0.25) is 4.79 Å². The van der Waals surface area contributed by atoms with Crippen LogP contribution in [0.5, 0.6) is 5.75 Å². The summed E-state index contributed by atoms with van der Waals surface area (Å²) < 4.78 is 48.6. The molecule has 0 saturated heterocycles. The number of rotatable bonds is 11. The average molecular weight is 463 g/mol. The second kappa shape index (κ2) is 12.1. The number of amides is 1. The van der Waals surface area contributed by atoms with Gasteiger partial charge in [-0.15, -0.1) is 0 Å². The third-order valence-corrected chi connectivity index (χ3v) is 4.84. The van der Waals surface area contributed by atoms with Crippen molar-refractivity contribution in [1.82, 2.24) is 0 Å². The predicted octanol–water partition coefficient (Wildman–Crippen LogP) is 6.48.